The van der Waals surface area contributed by atoms with Crippen LogP contribution in [0.2, 0.25) is 0 Å². The average molecular weight is 374 g/mol. The van der Waals surface area contributed by atoms with Crippen LogP contribution in [0.15, 0.2) is 23.3 Å². The van der Waals surface area contributed by atoms with E-state index in [1.165, 1.54) is 45.3 Å². The van der Waals surface area contributed by atoms with Gasteiger partial charge in [-0.1, -0.05) is 13.8 Å². The normalized spacial score (nSPS) is 19.3. The van der Waals surface area contributed by atoms with E-state index in [1.54, 1.807) is 0 Å². The minimum atomic E-state index is 0.495. The number of hydrogen-bond acceptors (Lipinski definition) is 4. The smallest absolute Gasteiger partial charge is 0.213 e. The summed E-state index contributed by atoms with van der Waals surface area (Å²) in [6.07, 6.45) is 6.74. The Bertz CT molecular complexity index is 606. The molecule has 1 saturated heterocycles. The predicted molar refractivity (Wildman–Crippen MR) is 110 cm³/mol. The van der Waals surface area contributed by atoms with Gasteiger partial charge in [0.1, 0.15) is 0 Å². The molecule has 6 heteroatoms. The van der Waals surface area contributed by atoms with Gasteiger partial charge in [0.25, 0.3) is 0 Å². The molecule has 1 aliphatic carbocycles. The Morgan fingerprint density at radius 1 is 1.30 bits per heavy atom. The maximum Gasteiger partial charge on any atom is 0.213 e. The number of likely N-dealkylation sites (tertiary alicyclic amines) is 1. The van der Waals surface area contributed by atoms with E-state index in [0.717, 1.165) is 35.8 Å². The van der Waals surface area contributed by atoms with Crippen molar-refractivity contribution in [2.24, 2.45) is 16.8 Å². The van der Waals surface area contributed by atoms with Crippen LogP contribution >= 0.6 is 0 Å². The lowest BCUT2D eigenvalue weighted by Gasteiger charge is -2.34. The van der Waals surface area contributed by atoms with Gasteiger partial charge in [-0.3, -0.25) is 4.99 Å². The largest absolute Gasteiger partial charge is 0.477 e. The lowest BCUT2D eigenvalue weighted by atomic mass is 10.0. The number of nitrogens with zero attached hydrogens (tertiary/aromatic N) is 3. The predicted octanol–water partition coefficient (Wildman–Crippen LogP) is 2.66. The molecule has 0 bridgehead atoms. The first-order valence-corrected chi connectivity index (χ1v) is 10.4. The van der Waals surface area contributed by atoms with Crippen LogP contribution in [-0.4, -0.2) is 55.2 Å². The highest BCUT2D eigenvalue weighted by atomic mass is 16.5. The fourth-order valence-corrected chi connectivity index (χ4v) is 3.48. The molecule has 1 aliphatic heterocycles. The maximum absolute atomic E-state index is 5.77. The molecule has 1 aromatic heterocycles. The molecule has 150 valence electrons. The van der Waals surface area contributed by atoms with Gasteiger partial charge in [0, 0.05) is 51.5 Å². The van der Waals surface area contributed by atoms with Crippen LogP contribution in [0.25, 0.3) is 0 Å². The second-order valence-electron chi connectivity index (χ2n) is 8.30. The molecule has 0 atom stereocenters. The Morgan fingerprint density at radius 3 is 2.74 bits per heavy atom. The number of piperidine rings is 1. The molecular formula is C21H35N5O. The summed E-state index contributed by atoms with van der Waals surface area (Å²) in [4.78, 5) is 11.3. The third-order valence-corrected chi connectivity index (χ3v) is 5.20. The topological polar surface area (TPSA) is 61.8 Å². The van der Waals surface area contributed by atoms with E-state index in [4.69, 9.17) is 4.74 Å². The molecule has 2 fully saturated rings. The zero-order valence-electron chi connectivity index (χ0n) is 17.1. The van der Waals surface area contributed by atoms with Gasteiger partial charge in [-0.15, -0.1) is 0 Å². The summed E-state index contributed by atoms with van der Waals surface area (Å²) in [6.45, 7) is 9.62. The minimum Gasteiger partial charge on any atom is -0.477 e. The Kier molecular flexibility index (Phi) is 7.33. The van der Waals surface area contributed by atoms with Crippen LogP contribution in [-0.2, 0) is 6.54 Å². The fraction of sp³-hybridized carbons (Fsp3) is 0.714. The Labute approximate surface area is 163 Å². The Morgan fingerprint density at radius 2 is 2.07 bits per heavy atom. The minimum absolute atomic E-state index is 0.495. The van der Waals surface area contributed by atoms with Crippen LogP contribution in [0.1, 0.15) is 45.1 Å². The molecule has 1 aromatic rings. The molecule has 3 rings (SSSR count). The number of aliphatic imine (C=N–C) groups is 1. The molecule has 0 radical (unpaired) electrons. The highest BCUT2D eigenvalue weighted by Gasteiger charge is 2.22. The van der Waals surface area contributed by atoms with Gasteiger partial charge in [0.15, 0.2) is 5.96 Å². The Hall–Kier alpha value is -1.82. The van der Waals surface area contributed by atoms with Gasteiger partial charge in [-0.05, 0) is 49.1 Å². The molecule has 0 amide bonds. The van der Waals surface area contributed by atoms with E-state index in [-0.39, 0.29) is 0 Å². The first-order valence-electron chi connectivity index (χ1n) is 10.4. The monoisotopic (exact) mass is 373 g/mol. The highest BCUT2D eigenvalue weighted by Crippen LogP contribution is 2.29. The lowest BCUT2D eigenvalue weighted by molar-refractivity contribution is 0.187. The maximum atomic E-state index is 5.77. The van der Waals surface area contributed by atoms with Gasteiger partial charge >= 0.3 is 0 Å². The van der Waals surface area contributed by atoms with E-state index in [0.29, 0.717) is 12.6 Å². The number of aromatic nitrogens is 1. The summed E-state index contributed by atoms with van der Waals surface area (Å²) in [7, 11) is 1.83. The number of hydrogen-bond donors (Lipinski definition) is 2. The summed E-state index contributed by atoms with van der Waals surface area (Å²) in [6, 6.07) is 4.54. The van der Waals surface area contributed by atoms with Crippen molar-refractivity contribution in [1.29, 1.82) is 0 Å². The van der Waals surface area contributed by atoms with E-state index in [9.17, 15) is 0 Å². The number of nitrogens with one attached hydrogen (secondary N) is 2. The molecule has 6 nitrogen and oxygen atoms in total. The van der Waals surface area contributed by atoms with Crippen molar-refractivity contribution in [3.05, 3.63) is 23.9 Å². The van der Waals surface area contributed by atoms with E-state index in [1.807, 2.05) is 25.4 Å². The van der Waals surface area contributed by atoms with Gasteiger partial charge in [-0.25, -0.2) is 4.98 Å². The quantitative estimate of drug-likeness (QED) is 0.542. The van der Waals surface area contributed by atoms with Crippen LogP contribution in [0.5, 0.6) is 5.88 Å². The molecule has 0 spiro atoms. The van der Waals surface area contributed by atoms with E-state index in [2.05, 4.69) is 39.4 Å². The standard InChI is InChI=1S/C21H35N5O/c1-16(2)14-26-10-7-19(8-11-26)25-21(22-3)24-13-18-6-9-23-20(12-18)27-15-17-4-5-17/h6,9,12,16-17,19H,4-5,7-8,10-11,13-15H2,1-3H3,(H2,22,24,25). The van der Waals surface area contributed by atoms with Gasteiger partial charge in [0.2, 0.25) is 5.88 Å². The van der Waals surface area contributed by atoms with E-state index < -0.39 is 0 Å². The first-order chi connectivity index (χ1) is 13.1. The highest BCUT2D eigenvalue weighted by molar-refractivity contribution is 5.79. The van der Waals surface area contributed by atoms with Crippen LogP contribution in [0.3, 0.4) is 0 Å². The number of ether oxygens (including phenoxy) is 1. The van der Waals surface area contributed by atoms with E-state index >= 15 is 0 Å². The van der Waals surface area contributed by atoms with Crippen molar-refractivity contribution in [1.82, 2.24) is 20.5 Å². The van der Waals surface area contributed by atoms with Crippen LogP contribution in [0.4, 0.5) is 0 Å². The fourth-order valence-electron chi connectivity index (χ4n) is 3.48. The second kappa shape index (κ2) is 9.93. The molecule has 0 aromatic carbocycles. The van der Waals surface area contributed by atoms with Crippen molar-refractivity contribution in [3.63, 3.8) is 0 Å². The Balaban J connectivity index is 1.41. The summed E-state index contributed by atoms with van der Waals surface area (Å²) < 4.78 is 5.77. The van der Waals surface area contributed by atoms with Crippen molar-refractivity contribution >= 4 is 5.96 Å². The molecule has 2 aliphatic rings. The van der Waals surface area contributed by atoms with Gasteiger partial charge in [0.05, 0.1) is 6.61 Å². The second-order valence-corrected chi connectivity index (χ2v) is 8.30. The molecule has 0 unspecified atom stereocenters. The number of guanidine groups is 1. The van der Waals surface area contributed by atoms with Crippen molar-refractivity contribution in [2.75, 3.05) is 33.3 Å². The molecular weight excluding hydrogens is 338 g/mol. The third-order valence-electron chi connectivity index (χ3n) is 5.20. The molecule has 2 N–H and O–H groups in total. The molecule has 1 saturated carbocycles. The molecule has 2 heterocycles. The van der Waals surface area contributed by atoms with Gasteiger partial charge < -0.3 is 20.3 Å². The molecule has 27 heavy (non-hydrogen) atoms. The third kappa shape index (κ3) is 7.01. The zero-order valence-corrected chi connectivity index (χ0v) is 17.1. The van der Waals surface area contributed by atoms with Gasteiger partial charge in [-0.2, -0.15) is 0 Å². The summed E-state index contributed by atoms with van der Waals surface area (Å²) in [5.74, 6) is 3.07. The lowest BCUT2D eigenvalue weighted by Crippen LogP contribution is -2.48. The zero-order chi connectivity index (χ0) is 19.1. The average Bonchev–Trinajstić information content (AvgIpc) is 3.49. The van der Waals surface area contributed by atoms with Crippen LogP contribution < -0.4 is 15.4 Å². The SMILES string of the molecule is CN=C(NCc1ccnc(OCC2CC2)c1)NC1CCN(CC(C)C)CC1. The van der Waals surface area contributed by atoms with Crippen LogP contribution in [0, 0.1) is 11.8 Å². The van der Waals surface area contributed by atoms with Crippen molar-refractivity contribution in [3.8, 4) is 5.88 Å². The summed E-state index contributed by atoms with van der Waals surface area (Å²) in [5.41, 5.74) is 1.16. The first kappa shape index (κ1) is 19.9. The van der Waals surface area contributed by atoms with Crippen molar-refractivity contribution in [2.45, 2.75) is 52.1 Å². The summed E-state index contributed by atoms with van der Waals surface area (Å²) in [5, 5.41) is 7.00. The number of pyridine rings is 1. The van der Waals surface area contributed by atoms with Crippen molar-refractivity contribution < 1.29 is 4.74 Å². The summed E-state index contributed by atoms with van der Waals surface area (Å²) >= 11 is 0. The number of rotatable bonds is 8.